The summed E-state index contributed by atoms with van der Waals surface area (Å²) in [5.41, 5.74) is 9.38. The van der Waals surface area contributed by atoms with E-state index < -0.39 is 0 Å². The summed E-state index contributed by atoms with van der Waals surface area (Å²) in [6.07, 6.45) is 0.812. The predicted molar refractivity (Wildman–Crippen MR) is 64.1 cm³/mol. The zero-order chi connectivity index (χ0) is 11.4. The molecule has 0 saturated carbocycles. The van der Waals surface area contributed by atoms with Crippen LogP contribution in [0, 0.1) is 6.92 Å². The minimum absolute atomic E-state index is 0.0111. The van der Waals surface area contributed by atoms with Crippen LogP contribution in [0.5, 0.6) is 5.75 Å². The summed E-state index contributed by atoms with van der Waals surface area (Å²) in [7, 11) is 1.68. The van der Waals surface area contributed by atoms with Crippen LogP contribution >= 0.6 is 0 Å². The number of rotatable bonds is 4. The molecule has 1 atom stereocenters. The van der Waals surface area contributed by atoms with Gasteiger partial charge in [-0.1, -0.05) is 17.7 Å². The first-order valence-corrected chi connectivity index (χ1v) is 5.09. The number of nitrogens with two attached hydrogens (primary N) is 1. The Morgan fingerprint density at radius 2 is 2.20 bits per heavy atom. The quantitative estimate of drug-likeness (QED) is 0.767. The van der Waals surface area contributed by atoms with Crippen molar-refractivity contribution in [2.75, 3.05) is 7.11 Å². The largest absolute Gasteiger partial charge is 0.496 e. The average molecular weight is 205 g/mol. The van der Waals surface area contributed by atoms with E-state index in [9.17, 15) is 0 Å². The first-order chi connectivity index (χ1) is 7.04. The van der Waals surface area contributed by atoms with Gasteiger partial charge < -0.3 is 10.5 Å². The molecule has 1 rings (SSSR count). The van der Waals surface area contributed by atoms with Gasteiger partial charge in [0.25, 0.3) is 0 Å². The topological polar surface area (TPSA) is 35.2 Å². The molecule has 0 aromatic heterocycles. The molecule has 0 amide bonds. The molecule has 2 nitrogen and oxygen atoms in total. The van der Waals surface area contributed by atoms with Gasteiger partial charge in [0.2, 0.25) is 0 Å². The fraction of sp³-hybridized carbons (Fsp3) is 0.385. The third-order valence-electron chi connectivity index (χ3n) is 2.43. The van der Waals surface area contributed by atoms with E-state index >= 15 is 0 Å². The van der Waals surface area contributed by atoms with E-state index in [2.05, 4.69) is 6.58 Å². The zero-order valence-corrected chi connectivity index (χ0v) is 9.71. The smallest absolute Gasteiger partial charge is 0.122 e. The predicted octanol–water partition coefficient (Wildman–Crippen LogP) is 2.97. The van der Waals surface area contributed by atoms with Gasteiger partial charge in [-0.25, -0.2) is 0 Å². The highest BCUT2D eigenvalue weighted by Gasteiger charge is 2.08. The Kier molecular flexibility index (Phi) is 3.92. The van der Waals surface area contributed by atoms with Gasteiger partial charge in [-0.05, 0) is 37.5 Å². The van der Waals surface area contributed by atoms with Gasteiger partial charge >= 0.3 is 0 Å². The maximum Gasteiger partial charge on any atom is 0.122 e. The van der Waals surface area contributed by atoms with Crippen LogP contribution in [-0.2, 0) is 0 Å². The molecule has 0 aliphatic rings. The van der Waals surface area contributed by atoms with Crippen LogP contribution in [0.15, 0.2) is 30.4 Å². The normalized spacial score (nSPS) is 12.3. The van der Waals surface area contributed by atoms with Gasteiger partial charge in [-0.3, -0.25) is 0 Å². The van der Waals surface area contributed by atoms with Crippen LogP contribution in [0.25, 0.3) is 0 Å². The molecule has 0 heterocycles. The minimum atomic E-state index is 0.0111. The molecule has 0 unspecified atom stereocenters. The standard InChI is InChI=1S/C13H19NO/c1-9(2)7-12(14)11-6-5-10(3)13(8-11)15-4/h5-6,8,12H,1,7,14H2,2-4H3/t12-/m1/s1. The van der Waals surface area contributed by atoms with Crippen molar-refractivity contribution in [2.24, 2.45) is 5.73 Å². The van der Waals surface area contributed by atoms with Crippen molar-refractivity contribution >= 4 is 0 Å². The number of ether oxygens (including phenoxy) is 1. The lowest BCUT2D eigenvalue weighted by Crippen LogP contribution is -2.10. The Bertz CT molecular complexity index is 358. The van der Waals surface area contributed by atoms with Crippen LogP contribution in [0.3, 0.4) is 0 Å². The Balaban J connectivity index is 2.90. The third-order valence-corrected chi connectivity index (χ3v) is 2.43. The van der Waals surface area contributed by atoms with Crippen molar-refractivity contribution < 1.29 is 4.74 Å². The molecule has 0 saturated heterocycles. The summed E-state index contributed by atoms with van der Waals surface area (Å²) < 4.78 is 5.26. The highest BCUT2D eigenvalue weighted by atomic mass is 16.5. The highest BCUT2D eigenvalue weighted by molar-refractivity contribution is 5.38. The second-order valence-corrected chi connectivity index (χ2v) is 4.00. The molecule has 0 aliphatic carbocycles. The third kappa shape index (κ3) is 3.10. The molecular weight excluding hydrogens is 186 g/mol. The van der Waals surface area contributed by atoms with E-state index in [0.29, 0.717) is 0 Å². The molecule has 2 N–H and O–H groups in total. The van der Waals surface area contributed by atoms with E-state index in [4.69, 9.17) is 10.5 Å². The van der Waals surface area contributed by atoms with Gasteiger partial charge in [0.05, 0.1) is 7.11 Å². The van der Waals surface area contributed by atoms with E-state index in [-0.39, 0.29) is 6.04 Å². The molecule has 1 aromatic carbocycles. The summed E-state index contributed by atoms with van der Waals surface area (Å²) in [6.45, 7) is 7.88. The van der Waals surface area contributed by atoms with E-state index in [1.807, 2.05) is 32.0 Å². The number of methoxy groups -OCH3 is 1. The van der Waals surface area contributed by atoms with Crippen molar-refractivity contribution in [1.82, 2.24) is 0 Å². The van der Waals surface area contributed by atoms with E-state index in [1.165, 1.54) is 0 Å². The maximum atomic E-state index is 6.05. The van der Waals surface area contributed by atoms with Gasteiger partial charge in [0.1, 0.15) is 5.75 Å². The molecule has 0 fully saturated rings. The van der Waals surface area contributed by atoms with Gasteiger partial charge in [0, 0.05) is 6.04 Å². The van der Waals surface area contributed by atoms with Crippen molar-refractivity contribution in [3.63, 3.8) is 0 Å². The lowest BCUT2D eigenvalue weighted by Gasteiger charge is -2.14. The average Bonchev–Trinajstić information content (AvgIpc) is 2.17. The molecule has 0 spiro atoms. The number of hydrogen-bond donors (Lipinski definition) is 1. The number of aryl methyl sites for hydroxylation is 1. The van der Waals surface area contributed by atoms with Gasteiger partial charge in [-0.2, -0.15) is 0 Å². The van der Waals surface area contributed by atoms with Crippen LogP contribution in [0.1, 0.15) is 30.5 Å². The Morgan fingerprint density at radius 1 is 1.53 bits per heavy atom. The molecular formula is C13H19NO. The maximum absolute atomic E-state index is 6.05. The molecule has 0 bridgehead atoms. The fourth-order valence-electron chi connectivity index (χ4n) is 1.56. The van der Waals surface area contributed by atoms with E-state index in [0.717, 1.165) is 28.9 Å². The molecule has 15 heavy (non-hydrogen) atoms. The molecule has 0 radical (unpaired) electrons. The van der Waals surface area contributed by atoms with E-state index in [1.54, 1.807) is 7.11 Å². The highest BCUT2D eigenvalue weighted by Crippen LogP contribution is 2.24. The molecule has 0 aliphatic heterocycles. The van der Waals surface area contributed by atoms with Crippen LogP contribution in [-0.4, -0.2) is 7.11 Å². The molecule has 1 aromatic rings. The lowest BCUT2D eigenvalue weighted by molar-refractivity contribution is 0.410. The Labute approximate surface area is 91.7 Å². The second kappa shape index (κ2) is 4.99. The first-order valence-electron chi connectivity index (χ1n) is 5.09. The molecule has 82 valence electrons. The van der Waals surface area contributed by atoms with Crippen LogP contribution < -0.4 is 10.5 Å². The Hall–Kier alpha value is -1.28. The fourth-order valence-corrected chi connectivity index (χ4v) is 1.56. The van der Waals surface area contributed by atoms with Crippen molar-refractivity contribution in [2.45, 2.75) is 26.3 Å². The number of hydrogen-bond acceptors (Lipinski definition) is 2. The summed E-state index contributed by atoms with van der Waals surface area (Å²) in [5.74, 6) is 0.893. The SMILES string of the molecule is C=C(C)C[C@@H](N)c1ccc(C)c(OC)c1. The lowest BCUT2D eigenvalue weighted by atomic mass is 10.00. The van der Waals surface area contributed by atoms with Gasteiger partial charge in [-0.15, -0.1) is 6.58 Å². The molecule has 2 heteroatoms. The van der Waals surface area contributed by atoms with Crippen molar-refractivity contribution in [3.8, 4) is 5.75 Å². The van der Waals surface area contributed by atoms with Crippen LogP contribution in [0.2, 0.25) is 0 Å². The minimum Gasteiger partial charge on any atom is -0.496 e. The summed E-state index contributed by atoms with van der Waals surface area (Å²) >= 11 is 0. The van der Waals surface area contributed by atoms with Gasteiger partial charge in [0.15, 0.2) is 0 Å². The number of benzene rings is 1. The monoisotopic (exact) mass is 205 g/mol. The van der Waals surface area contributed by atoms with Crippen molar-refractivity contribution in [3.05, 3.63) is 41.5 Å². The summed E-state index contributed by atoms with van der Waals surface area (Å²) in [5, 5.41) is 0. The summed E-state index contributed by atoms with van der Waals surface area (Å²) in [6, 6.07) is 6.10. The Morgan fingerprint density at radius 3 is 2.73 bits per heavy atom. The van der Waals surface area contributed by atoms with Crippen molar-refractivity contribution in [1.29, 1.82) is 0 Å². The first kappa shape index (κ1) is 11.8. The summed E-state index contributed by atoms with van der Waals surface area (Å²) in [4.78, 5) is 0. The zero-order valence-electron chi connectivity index (χ0n) is 9.71. The second-order valence-electron chi connectivity index (χ2n) is 4.00. The van der Waals surface area contributed by atoms with Crippen LogP contribution in [0.4, 0.5) is 0 Å².